The number of hydrogen-bond donors (Lipinski definition) is 2. The van der Waals surface area contributed by atoms with Gasteiger partial charge < -0.3 is 20.1 Å². The fourth-order valence-electron chi connectivity index (χ4n) is 3.65. The van der Waals surface area contributed by atoms with E-state index in [0.717, 1.165) is 6.42 Å². The highest BCUT2D eigenvalue weighted by Crippen LogP contribution is 2.32. The lowest BCUT2D eigenvalue weighted by atomic mass is 9.94. The Labute approximate surface area is 197 Å². The lowest BCUT2D eigenvalue weighted by Crippen LogP contribution is -2.48. The molecule has 1 aliphatic heterocycles. The van der Waals surface area contributed by atoms with Crippen LogP contribution in [0.1, 0.15) is 42.2 Å². The van der Waals surface area contributed by atoms with E-state index in [4.69, 9.17) is 9.47 Å². The Morgan fingerprint density at radius 1 is 1.09 bits per heavy atom. The van der Waals surface area contributed by atoms with E-state index in [1.165, 1.54) is 36.3 Å². The molecule has 1 heterocycles. The topological polar surface area (TPSA) is 97.0 Å². The highest BCUT2D eigenvalue weighted by atomic mass is 19.1. The molecule has 0 aliphatic carbocycles. The molecule has 34 heavy (non-hydrogen) atoms. The lowest BCUT2D eigenvalue weighted by Gasteiger charge is -2.35. The van der Waals surface area contributed by atoms with Gasteiger partial charge in [0.05, 0.1) is 18.2 Å². The van der Waals surface area contributed by atoms with Gasteiger partial charge in [0.1, 0.15) is 12.4 Å². The van der Waals surface area contributed by atoms with E-state index in [0.29, 0.717) is 34.6 Å². The number of nitrogens with zero attached hydrogens (tertiary/aromatic N) is 1. The van der Waals surface area contributed by atoms with Crippen molar-refractivity contribution in [3.8, 4) is 0 Å². The number of rotatable bonds is 9. The number of allylic oxidation sites excluding steroid dienone is 1. The number of amides is 3. The van der Waals surface area contributed by atoms with E-state index in [1.807, 2.05) is 6.92 Å². The third kappa shape index (κ3) is 5.79. The average molecular weight is 470 g/mol. The van der Waals surface area contributed by atoms with E-state index in [-0.39, 0.29) is 25.2 Å². The second-order valence-corrected chi connectivity index (χ2v) is 7.74. The summed E-state index contributed by atoms with van der Waals surface area (Å²) in [4.78, 5) is 39.6. The summed E-state index contributed by atoms with van der Waals surface area (Å²) in [7, 11) is 1.52. The Bertz CT molecular complexity index is 1070. The van der Waals surface area contributed by atoms with Crippen LogP contribution in [0.5, 0.6) is 0 Å². The molecule has 2 N–H and O–H groups in total. The van der Waals surface area contributed by atoms with Crippen LogP contribution in [0.3, 0.4) is 0 Å². The number of benzene rings is 2. The summed E-state index contributed by atoms with van der Waals surface area (Å²) < 4.78 is 23.4. The number of nitrogens with one attached hydrogen (secondary N) is 2. The first-order valence-corrected chi connectivity index (χ1v) is 11.0. The molecule has 0 aromatic heterocycles. The van der Waals surface area contributed by atoms with E-state index in [1.54, 1.807) is 31.2 Å². The Kier molecular flexibility index (Phi) is 8.37. The zero-order valence-corrected chi connectivity index (χ0v) is 19.4. The molecule has 3 rings (SSSR count). The van der Waals surface area contributed by atoms with Gasteiger partial charge in [0, 0.05) is 30.6 Å². The third-order valence-corrected chi connectivity index (χ3v) is 5.39. The van der Waals surface area contributed by atoms with Gasteiger partial charge >= 0.3 is 12.0 Å². The molecule has 0 spiro atoms. The molecule has 2 aromatic carbocycles. The molecule has 0 saturated carbocycles. The molecule has 9 heteroatoms. The molecule has 180 valence electrons. The van der Waals surface area contributed by atoms with E-state index >= 15 is 0 Å². The predicted molar refractivity (Wildman–Crippen MR) is 125 cm³/mol. The van der Waals surface area contributed by atoms with Crippen LogP contribution in [0.4, 0.5) is 14.9 Å². The summed E-state index contributed by atoms with van der Waals surface area (Å²) in [6.45, 7) is 4.49. The molecular weight excluding hydrogens is 441 g/mol. The standard InChI is InChI=1S/C25H28FN3O5/c1-4-13-29-16(2)21(24(31)34-15-14-33-3)22(28-25(29)32)17-7-11-20(12-8-17)27-23(30)18-5-9-19(26)10-6-18/h5-12,22H,4,13-15H2,1-3H3,(H,27,30)(H,28,32). The van der Waals surface area contributed by atoms with Crippen molar-refractivity contribution in [2.75, 3.05) is 32.2 Å². The van der Waals surface area contributed by atoms with Crippen LogP contribution < -0.4 is 10.6 Å². The molecule has 0 radical (unpaired) electrons. The van der Waals surface area contributed by atoms with Crippen molar-refractivity contribution in [2.45, 2.75) is 26.3 Å². The number of esters is 1. The first kappa shape index (κ1) is 24.9. The molecule has 1 unspecified atom stereocenters. The maximum atomic E-state index is 13.1. The number of hydrogen-bond acceptors (Lipinski definition) is 5. The minimum absolute atomic E-state index is 0.0922. The molecule has 0 saturated heterocycles. The summed E-state index contributed by atoms with van der Waals surface area (Å²) in [6.07, 6.45) is 0.726. The summed E-state index contributed by atoms with van der Waals surface area (Å²) in [5, 5.41) is 5.63. The van der Waals surface area contributed by atoms with Crippen LogP contribution in [0.15, 0.2) is 59.8 Å². The first-order chi connectivity index (χ1) is 16.3. The van der Waals surface area contributed by atoms with E-state index in [2.05, 4.69) is 10.6 Å². The van der Waals surface area contributed by atoms with Crippen molar-refractivity contribution in [1.29, 1.82) is 0 Å². The van der Waals surface area contributed by atoms with E-state index < -0.39 is 17.8 Å². The van der Waals surface area contributed by atoms with Crippen LogP contribution >= 0.6 is 0 Å². The Balaban J connectivity index is 1.83. The van der Waals surface area contributed by atoms with Crippen LogP contribution in [0.25, 0.3) is 0 Å². The average Bonchev–Trinajstić information content (AvgIpc) is 2.82. The number of methoxy groups -OCH3 is 1. The fourth-order valence-corrected chi connectivity index (χ4v) is 3.65. The summed E-state index contributed by atoms with van der Waals surface area (Å²) >= 11 is 0. The maximum Gasteiger partial charge on any atom is 0.338 e. The quantitative estimate of drug-likeness (QED) is 0.427. The Morgan fingerprint density at radius 3 is 2.38 bits per heavy atom. The normalized spacial score (nSPS) is 15.7. The summed E-state index contributed by atoms with van der Waals surface area (Å²) in [5.41, 5.74) is 2.36. The number of anilines is 1. The molecule has 2 aromatic rings. The number of carbonyl (C=O) groups is 3. The van der Waals surface area contributed by atoms with Crippen LogP contribution in [0.2, 0.25) is 0 Å². The van der Waals surface area contributed by atoms with Crippen molar-refractivity contribution < 1.29 is 28.2 Å². The largest absolute Gasteiger partial charge is 0.460 e. The third-order valence-electron chi connectivity index (χ3n) is 5.39. The van der Waals surface area contributed by atoms with Crippen molar-refractivity contribution in [3.05, 3.63) is 76.7 Å². The number of urea groups is 1. The van der Waals surface area contributed by atoms with Crippen molar-refractivity contribution >= 4 is 23.6 Å². The van der Waals surface area contributed by atoms with Gasteiger partial charge in [0.25, 0.3) is 5.91 Å². The monoisotopic (exact) mass is 469 g/mol. The second kappa shape index (κ2) is 11.4. The minimum atomic E-state index is -0.711. The van der Waals surface area contributed by atoms with Gasteiger partial charge in [0.15, 0.2) is 0 Å². The van der Waals surface area contributed by atoms with Crippen molar-refractivity contribution in [2.24, 2.45) is 0 Å². The molecule has 1 atom stereocenters. The number of ether oxygens (including phenoxy) is 2. The van der Waals surface area contributed by atoms with Crippen molar-refractivity contribution in [1.82, 2.24) is 10.2 Å². The highest BCUT2D eigenvalue weighted by Gasteiger charge is 2.36. The number of halogens is 1. The molecule has 1 aliphatic rings. The predicted octanol–water partition coefficient (Wildman–Crippen LogP) is 4.02. The summed E-state index contributed by atoms with van der Waals surface area (Å²) in [6, 6.07) is 11.0. The molecule has 3 amide bonds. The zero-order valence-electron chi connectivity index (χ0n) is 19.4. The second-order valence-electron chi connectivity index (χ2n) is 7.74. The molecule has 8 nitrogen and oxygen atoms in total. The molecular formula is C25H28FN3O5. The fraction of sp³-hybridized carbons (Fsp3) is 0.320. The van der Waals surface area contributed by atoms with Gasteiger partial charge in [-0.2, -0.15) is 0 Å². The number of carbonyl (C=O) groups excluding carboxylic acids is 3. The Morgan fingerprint density at radius 2 is 1.76 bits per heavy atom. The van der Waals surface area contributed by atoms with Gasteiger partial charge in [0.2, 0.25) is 0 Å². The zero-order chi connectivity index (χ0) is 24.7. The van der Waals surface area contributed by atoms with Gasteiger partial charge in [-0.25, -0.2) is 14.0 Å². The van der Waals surface area contributed by atoms with Gasteiger partial charge in [-0.15, -0.1) is 0 Å². The SMILES string of the molecule is CCCN1C(=O)NC(c2ccc(NC(=O)c3ccc(F)cc3)cc2)C(C(=O)OCCOC)=C1C. The van der Waals surface area contributed by atoms with Crippen molar-refractivity contribution in [3.63, 3.8) is 0 Å². The van der Waals surface area contributed by atoms with Crippen LogP contribution in [-0.4, -0.2) is 49.7 Å². The molecule has 0 fully saturated rings. The van der Waals surface area contributed by atoms with Gasteiger partial charge in [-0.1, -0.05) is 19.1 Å². The van der Waals surface area contributed by atoms with Gasteiger partial charge in [-0.05, 0) is 55.3 Å². The molecule has 0 bridgehead atoms. The smallest absolute Gasteiger partial charge is 0.338 e. The van der Waals surface area contributed by atoms with Crippen LogP contribution in [0, 0.1) is 5.82 Å². The first-order valence-electron chi connectivity index (χ1n) is 11.0. The minimum Gasteiger partial charge on any atom is -0.460 e. The highest BCUT2D eigenvalue weighted by molar-refractivity contribution is 6.04. The lowest BCUT2D eigenvalue weighted by molar-refractivity contribution is -0.140. The Hall–Kier alpha value is -3.72. The summed E-state index contributed by atoms with van der Waals surface area (Å²) in [5.74, 6) is -1.34. The maximum absolute atomic E-state index is 13.1. The van der Waals surface area contributed by atoms with Gasteiger partial charge in [-0.3, -0.25) is 9.69 Å². The van der Waals surface area contributed by atoms with Crippen LogP contribution in [-0.2, 0) is 14.3 Å². The van der Waals surface area contributed by atoms with E-state index in [9.17, 15) is 18.8 Å².